The minimum absolute atomic E-state index is 0.223. The fourth-order valence-corrected chi connectivity index (χ4v) is 3.29. The van der Waals surface area contributed by atoms with Crippen LogP contribution in [0.25, 0.3) is 0 Å². The summed E-state index contributed by atoms with van der Waals surface area (Å²) >= 11 is 5.75. The first-order valence-corrected chi connectivity index (χ1v) is 7.86. The fourth-order valence-electron chi connectivity index (χ4n) is 1.70. The smallest absolute Gasteiger partial charge is 0.337 e. The number of anilines is 1. The number of methoxy groups -OCH3 is 1. The third kappa shape index (κ3) is 3.55. The number of hydrogen-bond donors (Lipinski definition) is 1. The topological polar surface area (TPSA) is 72.5 Å². The summed E-state index contributed by atoms with van der Waals surface area (Å²) in [6.07, 6.45) is 0. The molecule has 0 saturated heterocycles. The van der Waals surface area contributed by atoms with Crippen molar-refractivity contribution in [2.24, 2.45) is 0 Å². The molecule has 5 nitrogen and oxygen atoms in total. The predicted octanol–water partition coefficient (Wildman–Crippen LogP) is 3.07. The molecule has 0 spiro atoms. The number of ether oxygens (including phenoxy) is 1. The van der Waals surface area contributed by atoms with Crippen LogP contribution < -0.4 is 4.72 Å². The van der Waals surface area contributed by atoms with E-state index in [0.29, 0.717) is 0 Å². The van der Waals surface area contributed by atoms with Crippen LogP contribution in [0.15, 0.2) is 47.4 Å². The maximum atomic E-state index is 13.0. The highest BCUT2D eigenvalue weighted by molar-refractivity contribution is 7.92. The van der Waals surface area contributed by atoms with Crippen molar-refractivity contribution in [1.82, 2.24) is 0 Å². The molecule has 0 heterocycles. The highest BCUT2D eigenvalue weighted by Crippen LogP contribution is 2.24. The average molecular weight is 344 g/mol. The minimum atomic E-state index is -3.96. The van der Waals surface area contributed by atoms with Crippen LogP contribution in [0.4, 0.5) is 10.1 Å². The molecule has 0 unspecified atom stereocenters. The molecule has 0 atom stereocenters. The lowest BCUT2D eigenvalue weighted by atomic mass is 10.2. The lowest BCUT2D eigenvalue weighted by Crippen LogP contribution is -2.13. The molecular weight excluding hydrogens is 333 g/mol. The van der Waals surface area contributed by atoms with Crippen LogP contribution in [0.1, 0.15) is 10.4 Å². The number of benzene rings is 2. The number of nitrogens with one attached hydrogen (secondary N) is 1. The Balaban J connectivity index is 2.27. The molecule has 2 aromatic carbocycles. The van der Waals surface area contributed by atoms with Crippen molar-refractivity contribution in [3.8, 4) is 0 Å². The summed E-state index contributed by atoms with van der Waals surface area (Å²) in [5.74, 6) is -1.16. The van der Waals surface area contributed by atoms with E-state index in [2.05, 4.69) is 9.46 Å². The normalized spacial score (nSPS) is 11.0. The van der Waals surface area contributed by atoms with E-state index >= 15 is 0 Å². The molecule has 0 radical (unpaired) electrons. The first kappa shape index (κ1) is 16.3. The Bertz CT molecular complexity index is 806. The molecule has 8 heteroatoms. The number of sulfonamides is 1. The van der Waals surface area contributed by atoms with E-state index in [-0.39, 0.29) is 21.2 Å². The third-order valence-corrected chi connectivity index (χ3v) is 4.61. The molecule has 0 aliphatic carbocycles. The van der Waals surface area contributed by atoms with Gasteiger partial charge in [0.05, 0.1) is 17.7 Å². The summed E-state index contributed by atoms with van der Waals surface area (Å²) in [5, 5.41) is -0.223. The number of hydrogen-bond acceptors (Lipinski definition) is 4. The zero-order valence-corrected chi connectivity index (χ0v) is 12.9. The molecule has 0 amide bonds. The molecule has 0 aliphatic rings. The second-order valence-electron chi connectivity index (χ2n) is 4.25. The van der Waals surface area contributed by atoms with Gasteiger partial charge in [0.15, 0.2) is 0 Å². The summed E-state index contributed by atoms with van der Waals surface area (Å²) in [4.78, 5) is 11.1. The molecule has 0 saturated carbocycles. The standard InChI is InChI=1S/C14H11ClFNO4S/c1-21-14(18)9-2-5-11(6-3-9)17-22(19,20)13-7-4-10(16)8-12(13)15/h2-8,17H,1H3. The van der Waals surface area contributed by atoms with Crippen LogP contribution in [0.2, 0.25) is 5.02 Å². The summed E-state index contributed by atoms with van der Waals surface area (Å²) < 4.78 is 44.2. The van der Waals surface area contributed by atoms with E-state index in [1.54, 1.807) is 0 Å². The van der Waals surface area contributed by atoms with Crippen LogP contribution in [0.3, 0.4) is 0 Å². The molecule has 116 valence electrons. The van der Waals surface area contributed by atoms with Crippen molar-refractivity contribution < 1.29 is 22.3 Å². The van der Waals surface area contributed by atoms with Gasteiger partial charge >= 0.3 is 5.97 Å². The van der Waals surface area contributed by atoms with Gasteiger partial charge in [-0.1, -0.05) is 11.6 Å². The summed E-state index contributed by atoms with van der Waals surface area (Å²) in [5.41, 5.74) is 0.512. The second kappa shape index (κ2) is 6.33. The Hall–Kier alpha value is -2.12. The molecule has 2 aromatic rings. The van der Waals surface area contributed by atoms with E-state index in [9.17, 15) is 17.6 Å². The van der Waals surface area contributed by atoms with Gasteiger partial charge in [0.2, 0.25) is 0 Å². The lowest BCUT2D eigenvalue weighted by Gasteiger charge is -2.10. The van der Waals surface area contributed by atoms with Crippen molar-refractivity contribution in [1.29, 1.82) is 0 Å². The Morgan fingerprint density at radius 3 is 2.36 bits per heavy atom. The maximum Gasteiger partial charge on any atom is 0.337 e. The van der Waals surface area contributed by atoms with Crippen molar-refractivity contribution in [2.75, 3.05) is 11.8 Å². The van der Waals surface area contributed by atoms with Gasteiger partial charge in [0.25, 0.3) is 10.0 Å². The van der Waals surface area contributed by atoms with Crippen molar-refractivity contribution >= 4 is 33.3 Å². The van der Waals surface area contributed by atoms with Crippen LogP contribution in [-0.2, 0) is 14.8 Å². The second-order valence-corrected chi connectivity index (χ2v) is 6.31. The maximum absolute atomic E-state index is 13.0. The summed E-state index contributed by atoms with van der Waals surface area (Å²) in [7, 11) is -2.72. The van der Waals surface area contributed by atoms with Crippen molar-refractivity contribution in [3.63, 3.8) is 0 Å². The van der Waals surface area contributed by atoms with Crippen molar-refractivity contribution in [3.05, 3.63) is 58.9 Å². The predicted molar refractivity (Wildman–Crippen MR) is 80.0 cm³/mol. The quantitative estimate of drug-likeness (QED) is 0.866. The highest BCUT2D eigenvalue weighted by Gasteiger charge is 2.18. The molecule has 0 aliphatic heterocycles. The van der Waals surface area contributed by atoms with Crippen LogP contribution in [0, 0.1) is 5.82 Å². The Morgan fingerprint density at radius 1 is 1.18 bits per heavy atom. The van der Waals surface area contributed by atoms with Gasteiger partial charge in [0, 0.05) is 5.69 Å². The van der Waals surface area contributed by atoms with Gasteiger partial charge in [-0.3, -0.25) is 4.72 Å². The first-order chi connectivity index (χ1) is 10.3. The van der Waals surface area contributed by atoms with E-state index in [1.165, 1.54) is 31.4 Å². The lowest BCUT2D eigenvalue weighted by molar-refractivity contribution is 0.0601. The molecule has 1 N–H and O–H groups in total. The van der Waals surface area contributed by atoms with E-state index in [4.69, 9.17) is 11.6 Å². The number of halogens is 2. The third-order valence-electron chi connectivity index (χ3n) is 2.74. The van der Waals surface area contributed by atoms with Gasteiger partial charge in [0.1, 0.15) is 10.7 Å². The SMILES string of the molecule is COC(=O)c1ccc(NS(=O)(=O)c2ccc(F)cc2Cl)cc1. The van der Waals surface area contributed by atoms with Crippen LogP contribution in [-0.4, -0.2) is 21.5 Å². The Labute approximate surface area is 131 Å². The molecule has 22 heavy (non-hydrogen) atoms. The molecule has 0 bridgehead atoms. The van der Waals surface area contributed by atoms with Crippen LogP contribution >= 0.6 is 11.6 Å². The Kier molecular flexibility index (Phi) is 4.68. The highest BCUT2D eigenvalue weighted by atomic mass is 35.5. The molecule has 0 aromatic heterocycles. The zero-order valence-electron chi connectivity index (χ0n) is 11.3. The monoisotopic (exact) mass is 343 g/mol. The largest absolute Gasteiger partial charge is 0.465 e. The number of esters is 1. The summed E-state index contributed by atoms with van der Waals surface area (Å²) in [6.45, 7) is 0. The number of rotatable bonds is 4. The molecule has 2 rings (SSSR count). The van der Waals surface area contributed by atoms with Crippen LogP contribution in [0.5, 0.6) is 0 Å². The fraction of sp³-hybridized carbons (Fsp3) is 0.0714. The molecule has 0 fully saturated rings. The van der Waals surface area contributed by atoms with E-state index in [1.807, 2.05) is 0 Å². The minimum Gasteiger partial charge on any atom is -0.465 e. The average Bonchev–Trinajstić information content (AvgIpc) is 2.46. The zero-order chi connectivity index (χ0) is 16.3. The number of carbonyl (C=O) groups is 1. The van der Waals surface area contributed by atoms with E-state index in [0.717, 1.165) is 18.2 Å². The van der Waals surface area contributed by atoms with E-state index < -0.39 is 21.8 Å². The van der Waals surface area contributed by atoms with Crippen molar-refractivity contribution in [2.45, 2.75) is 4.90 Å². The molecular formula is C14H11ClFNO4S. The van der Waals surface area contributed by atoms with Gasteiger partial charge in [-0.05, 0) is 42.5 Å². The first-order valence-electron chi connectivity index (χ1n) is 6.00. The number of carbonyl (C=O) groups excluding carboxylic acids is 1. The Morgan fingerprint density at radius 2 is 1.82 bits per heavy atom. The van der Waals surface area contributed by atoms with Gasteiger partial charge in [-0.15, -0.1) is 0 Å². The van der Waals surface area contributed by atoms with Gasteiger partial charge < -0.3 is 4.74 Å². The van der Waals surface area contributed by atoms with Gasteiger partial charge in [-0.2, -0.15) is 0 Å². The van der Waals surface area contributed by atoms with Gasteiger partial charge in [-0.25, -0.2) is 17.6 Å². The summed E-state index contributed by atoms with van der Waals surface area (Å²) in [6, 6.07) is 8.62.